The van der Waals surface area contributed by atoms with Crippen LogP contribution in [-0.2, 0) is 12.4 Å². The number of hydrogen-bond donors (Lipinski definition) is 0. The number of hydrogen-bond acceptors (Lipinski definition) is 1. The summed E-state index contributed by atoms with van der Waals surface area (Å²) >= 11 is 5.84. The molecule has 0 unspecified atom stereocenters. The van der Waals surface area contributed by atoms with Gasteiger partial charge in [-0.25, -0.2) is 0 Å². The van der Waals surface area contributed by atoms with Crippen molar-refractivity contribution in [1.29, 1.82) is 0 Å². The molecule has 0 N–H and O–H groups in total. The zero-order chi connectivity index (χ0) is 9.84. The molecule has 0 saturated carbocycles. The van der Waals surface area contributed by atoms with E-state index in [0.717, 1.165) is 13.0 Å². The van der Waals surface area contributed by atoms with Gasteiger partial charge in [-0.05, 0) is 12.3 Å². The van der Waals surface area contributed by atoms with Crippen LogP contribution in [0.5, 0.6) is 0 Å². The van der Waals surface area contributed by atoms with Crippen LogP contribution in [0.15, 0.2) is 6.20 Å². The fourth-order valence-corrected chi connectivity index (χ4v) is 1.80. The topological polar surface area (TPSA) is 17.8 Å². The Bertz CT molecular complexity index is 266. The van der Waals surface area contributed by atoms with E-state index in [1.807, 2.05) is 6.20 Å². The molecule has 0 saturated heterocycles. The lowest BCUT2D eigenvalue weighted by Crippen LogP contribution is -2.06. The number of aromatic nitrogens is 2. The smallest absolute Gasteiger partial charge is 0.0536 e. The first-order chi connectivity index (χ1) is 6.20. The molecular weight excluding hydrogens is 184 g/mol. The van der Waals surface area contributed by atoms with Crippen LogP contribution >= 0.6 is 11.6 Å². The summed E-state index contributed by atoms with van der Waals surface area (Å²) in [6.07, 6.45) is 3.00. The molecule has 1 aromatic heterocycles. The van der Waals surface area contributed by atoms with E-state index in [-0.39, 0.29) is 0 Å². The van der Waals surface area contributed by atoms with Crippen LogP contribution < -0.4 is 0 Å². The van der Waals surface area contributed by atoms with Crippen molar-refractivity contribution in [2.45, 2.75) is 45.5 Å². The number of halogens is 1. The Balaban J connectivity index is 2.99. The van der Waals surface area contributed by atoms with Crippen molar-refractivity contribution in [2.24, 2.45) is 0 Å². The molecule has 13 heavy (non-hydrogen) atoms. The highest BCUT2D eigenvalue weighted by atomic mass is 35.5. The monoisotopic (exact) mass is 200 g/mol. The lowest BCUT2D eigenvalue weighted by molar-refractivity contribution is 0.556. The van der Waals surface area contributed by atoms with Crippen LogP contribution in [0.3, 0.4) is 0 Å². The van der Waals surface area contributed by atoms with Gasteiger partial charge < -0.3 is 0 Å². The second kappa shape index (κ2) is 4.66. The average Bonchev–Trinajstić information content (AvgIpc) is 2.48. The molecule has 0 bridgehead atoms. The van der Waals surface area contributed by atoms with Crippen molar-refractivity contribution < 1.29 is 0 Å². The van der Waals surface area contributed by atoms with Crippen molar-refractivity contribution in [3.63, 3.8) is 0 Å². The molecule has 3 heteroatoms. The molecule has 74 valence electrons. The second-order valence-corrected chi connectivity index (χ2v) is 3.83. The number of nitrogens with zero attached hydrogens (tertiary/aromatic N) is 2. The first kappa shape index (κ1) is 10.6. The minimum Gasteiger partial charge on any atom is -0.269 e. The van der Waals surface area contributed by atoms with Crippen LogP contribution in [0, 0.1) is 0 Å². The molecule has 0 spiro atoms. The Morgan fingerprint density at radius 2 is 2.23 bits per heavy atom. The van der Waals surface area contributed by atoms with Crippen molar-refractivity contribution in [1.82, 2.24) is 9.78 Å². The van der Waals surface area contributed by atoms with E-state index in [1.165, 1.54) is 11.3 Å². The van der Waals surface area contributed by atoms with Gasteiger partial charge in [0.2, 0.25) is 0 Å². The highest BCUT2D eigenvalue weighted by Crippen LogP contribution is 2.20. The highest BCUT2D eigenvalue weighted by Gasteiger charge is 2.12. The van der Waals surface area contributed by atoms with E-state index in [1.54, 1.807) is 0 Å². The van der Waals surface area contributed by atoms with E-state index in [9.17, 15) is 0 Å². The van der Waals surface area contributed by atoms with Crippen LogP contribution in [0.25, 0.3) is 0 Å². The summed E-state index contributed by atoms with van der Waals surface area (Å²) in [5.74, 6) is 1.07. The lowest BCUT2D eigenvalue weighted by Gasteiger charge is -2.10. The number of rotatable bonds is 4. The third-order valence-corrected chi connectivity index (χ3v) is 2.37. The Morgan fingerprint density at radius 1 is 1.54 bits per heavy atom. The largest absolute Gasteiger partial charge is 0.269 e. The lowest BCUT2D eigenvalue weighted by atomic mass is 10.1. The van der Waals surface area contributed by atoms with E-state index in [0.29, 0.717) is 11.8 Å². The van der Waals surface area contributed by atoms with Gasteiger partial charge in [-0.3, -0.25) is 4.68 Å². The van der Waals surface area contributed by atoms with E-state index < -0.39 is 0 Å². The Morgan fingerprint density at radius 3 is 2.69 bits per heavy atom. The number of aryl methyl sites for hydroxylation is 1. The van der Waals surface area contributed by atoms with E-state index in [4.69, 9.17) is 11.6 Å². The predicted octanol–water partition coefficient (Wildman–Crippen LogP) is 3.16. The van der Waals surface area contributed by atoms with Gasteiger partial charge in [0.15, 0.2) is 0 Å². The SMILES string of the molecule is CCCn1ncc(CCl)c1C(C)C. The number of alkyl halides is 1. The molecular formula is C10H17ClN2. The van der Waals surface area contributed by atoms with Gasteiger partial charge in [0.25, 0.3) is 0 Å². The fourth-order valence-electron chi connectivity index (χ4n) is 1.60. The molecule has 0 radical (unpaired) electrons. The summed E-state index contributed by atoms with van der Waals surface area (Å²) in [4.78, 5) is 0. The molecule has 0 atom stereocenters. The fraction of sp³-hybridized carbons (Fsp3) is 0.700. The van der Waals surface area contributed by atoms with Crippen molar-refractivity contribution in [2.75, 3.05) is 0 Å². The van der Waals surface area contributed by atoms with Crippen molar-refractivity contribution >= 4 is 11.6 Å². The molecule has 1 rings (SSSR count). The van der Waals surface area contributed by atoms with Crippen LogP contribution in [-0.4, -0.2) is 9.78 Å². The van der Waals surface area contributed by atoms with Gasteiger partial charge in [-0.1, -0.05) is 20.8 Å². The quantitative estimate of drug-likeness (QED) is 0.683. The molecule has 0 amide bonds. The van der Waals surface area contributed by atoms with Crippen molar-refractivity contribution in [3.8, 4) is 0 Å². The molecule has 2 nitrogen and oxygen atoms in total. The van der Waals surface area contributed by atoms with Gasteiger partial charge in [0.1, 0.15) is 0 Å². The summed E-state index contributed by atoms with van der Waals surface area (Å²) < 4.78 is 2.07. The maximum absolute atomic E-state index is 5.84. The summed E-state index contributed by atoms with van der Waals surface area (Å²) in [5.41, 5.74) is 2.46. The van der Waals surface area contributed by atoms with Crippen molar-refractivity contribution in [3.05, 3.63) is 17.5 Å². The molecule has 1 aromatic rings. The van der Waals surface area contributed by atoms with Gasteiger partial charge in [-0.15, -0.1) is 11.6 Å². The minimum absolute atomic E-state index is 0.503. The predicted molar refractivity (Wildman–Crippen MR) is 56.2 cm³/mol. The van der Waals surface area contributed by atoms with Crippen LogP contribution in [0.1, 0.15) is 44.4 Å². The zero-order valence-corrected chi connectivity index (χ0v) is 9.30. The van der Waals surface area contributed by atoms with Crippen LogP contribution in [0.4, 0.5) is 0 Å². The molecule has 0 aliphatic heterocycles. The Kier molecular flexibility index (Phi) is 3.79. The molecule has 0 fully saturated rings. The molecule has 0 aliphatic rings. The third kappa shape index (κ3) is 2.25. The summed E-state index contributed by atoms with van der Waals surface area (Å²) in [5, 5.41) is 4.33. The average molecular weight is 201 g/mol. The van der Waals surface area contributed by atoms with Crippen LogP contribution in [0.2, 0.25) is 0 Å². The Hall–Kier alpha value is -0.500. The Labute approximate surface area is 84.9 Å². The summed E-state index contributed by atoms with van der Waals surface area (Å²) in [6, 6.07) is 0. The van der Waals surface area contributed by atoms with E-state index >= 15 is 0 Å². The molecule has 0 aromatic carbocycles. The third-order valence-electron chi connectivity index (χ3n) is 2.09. The normalized spacial score (nSPS) is 11.2. The molecule has 0 aliphatic carbocycles. The summed E-state index contributed by atoms with van der Waals surface area (Å²) in [6.45, 7) is 7.51. The molecule has 1 heterocycles. The van der Waals surface area contributed by atoms with E-state index in [2.05, 4.69) is 30.6 Å². The summed E-state index contributed by atoms with van der Waals surface area (Å²) in [7, 11) is 0. The zero-order valence-electron chi connectivity index (χ0n) is 8.55. The van der Waals surface area contributed by atoms with Gasteiger partial charge in [-0.2, -0.15) is 5.10 Å². The van der Waals surface area contributed by atoms with Gasteiger partial charge in [0.05, 0.1) is 12.1 Å². The first-order valence-electron chi connectivity index (χ1n) is 4.81. The standard InChI is InChI=1S/C10H17ClN2/c1-4-5-13-10(8(2)3)9(6-11)7-12-13/h7-8H,4-6H2,1-3H3. The maximum Gasteiger partial charge on any atom is 0.0536 e. The van der Waals surface area contributed by atoms with Gasteiger partial charge in [0, 0.05) is 17.8 Å². The maximum atomic E-state index is 5.84. The second-order valence-electron chi connectivity index (χ2n) is 3.57. The highest BCUT2D eigenvalue weighted by molar-refractivity contribution is 6.17. The first-order valence-corrected chi connectivity index (χ1v) is 5.34. The minimum atomic E-state index is 0.503. The van der Waals surface area contributed by atoms with Gasteiger partial charge >= 0.3 is 0 Å².